The minimum atomic E-state index is 0. The van der Waals surface area contributed by atoms with Crippen LogP contribution >= 0.6 is 40.1 Å². The Morgan fingerprint density at radius 3 is 3.05 bits per heavy atom. The van der Waals surface area contributed by atoms with Crippen LogP contribution in [0.3, 0.4) is 0 Å². The Morgan fingerprint density at radius 2 is 2.21 bits per heavy atom. The van der Waals surface area contributed by atoms with E-state index < -0.39 is 0 Å². The van der Waals surface area contributed by atoms with Gasteiger partial charge in [0.05, 0.1) is 17.1 Å². The van der Waals surface area contributed by atoms with Crippen LogP contribution in [0.4, 0.5) is 0 Å². The highest BCUT2D eigenvalue weighted by atomic mass is 79.9. The number of aromatic hydroxyl groups is 1. The summed E-state index contributed by atoms with van der Waals surface area (Å²) in [5.41, 5.74) is 1.22. The predicted molar refractivity (Wildman–Crippen MR) is 88.4 cm³/mol. The first kappa shape index (κ1) is 13.0. The molecular weight excluding hydrogens is 344 g/mol. The number of hydrogen-bond donors (Lipinski definition) is 1. The molecule has 0 aliphatic carbocycles. The molecule has 0 bridgehead atoms. The van der Waals surface area contributed by atoms with Gasteiger partial charge in [-0.3, -0.25) is 4.99 Å². The highest BCUT2D eigenvalue weighted by Crippen LogP contribution is 2.41. The van der Waals surface area contributed by atoms with E-state index in [1.165, 1.54) is 10.6 Å². The molecule has 0 saturated heterocycles. The number of fused-ring (bicyclic) bond motifs is 2. The average Bonchev–Trinajstić information content (AvgIpc) is 3.02. The number of benzene rings is 1. The fourth-order valence-corrected chi connectivity index (χ4v) is 4.42. The van der Waals surface area contributed by atoms with Gasteiger partial charge in [0, 0.05) is 22.0 Å². The summed E-state index contributed by atoms with van der Waals surface area (Å²) in [4.78, 5) is 7.91. The fraction of sp³-hybridized carbons (Fsp3) is 0.154. The van der Waals surface area contributed by atoms with Crippen LogP contribution in [0.2, 0.25) is 0 Å². The molecule has 0 spiro atoms. The molecule has 6 heteroatoms. The van der Waals surface area contributed by atoms with Crippen LogP contribution in [-0.4, -0.2) is 28.3 Å². The zero-order valence-electron chi connectivity index (χ0n) is 9.87. The van der Waals surface area contributed by atoms with Gasteiger partial charge in [0.1, 0.15) is 5.75 Å². The second-order valence-corrected chi connectivity index (χ2v) is 6.16. The maximum Gasteiger partial charge on any atom is 0.168 e. The molecule has 2 aliphatic rings. The number of thiophene rings is 1. The average molecular weight is 355 g/mol. The smallest absolute Gasteiger partial charge is 0.168 e. The molecule has 1 aromatic heterocycles. The van der Waals surface area contributed by atoms with Crippen molar-refractivity contribution in [2.45, 2.75) is 0 Å². The lowest BCUT2D eigenvalue weighted by Crippen LogP contribution is -2.19. The molecule has 1 aromatic carbocycles. The van der Waals surface area contributed by atoms with Crippen molar-refractivity contribution < 1.29 is 5.11 Å². The van der Waals surface area contributed by atoms with E-state index in [1.54, 1.807) is 29.2 Å². The van der Waals surface area contributed by atoms with Crippen LogP contribution in [0.25, 0.3) is 15.8 Å². The number of halogens is 1. The highest BCUT2D eigenvalue weighted by molar-refractivity contribution is 8.93. The number of aliphatic imine (C=N–C) groups is 1. The Hall–Kier alpha value is -0.980. The molecule has 0 unspecified atom stereocenters. The van der Waals surface area contributed by atoms with Gasteiger partial charge >= 0.3 is 0 Å². The van der Waals surface area contributed by atoms with Crippen LogP contribution in [0.15, 0.2) is 34.7 Å². The minimum Gasteiger partial charge on any atom is -0.507 e. The third-order valence-electron chi connectivity index (χ3n) is 3.16. The monoisotopic (exact) mass is 354 g/mol. The summed E-state index contributed by atoms with van der Waals surface area (Å²) in [6.45, 7) is 1.85. The first-order valence-corrected chi connectivity index (χ1v) is 7.43. The molecule has 1 N–H and O–H groups in total. The maximum absolute atomic E-state index is 9.86. The Balaban J connectivity index is 0.00000110. The third kappa shape index (κ3) is 1.98. The van der Waals surface area contributed by atoms with Gasteiger partial charge in [-0.1, -0.05) is 17.8 Å². The van der Waals surface area contributed by atoms with Gasteiger partial charge < -0.3 is 10.0 Å². The molecule has 0 atom stereocenters. The van der Waals surface area contributed by atoms with E-state index in [2.05, 4.69) is 21.4 Å². The standard InChI is InChI=1S/C13H10N2OS2.BrH/c16-10-2-1-3-11-8(10)6-12(18-11)9-7-17-13-14-4-5-15(9)13;/h1-3,6-7,16H,4-5H2;1H. The van der Waals surface area contributed by atoms with Crippen molar-refractivity contribution in [3.05, 3.63) is 34.6 Å². The van der Waals surface area contributed by atoms with Crippen LogP contribution in [0.5, 0.6) is 5.75 Å². The van der Waals surface area contributed by atoms with E-state index in [9.17, 15) is 5.11 Å². The van der Waals surface area contributed by atoms with Gasteiger partial charge in [0.25, 0.3) is 0 Å². The van der Waals surface area contributed by atoms with Crippen LogP contribution in [0, 0.1) is 0 Å². The maximum atomic E-state index is 9.86. The van der Waals surface area contributed by atoms with E-state index in [0.29, 0.717) is 5.75 Å². The van der Waals surface area contributed by atoms with Crippen LogP contribution in [-0.2, 0) is 0 Å². The Morgan fingerprint density at radius 1 is 1.32 bits per heavy atom. The predicted octanol–water partition coefficient (Wildman–Crippen LogP) is 3.90. The van der Waals surface area contributed by atoms with Gasteiger partial charge in [-0.2, -0.15) is 0 Å². The topological polar surface area (TPSA) is 35.8 Å². The number of phenols is 1. The number of rotatable bonds is 1. The first-order chi connectivity index (χ1) is 8.83. The molecule has 98 valence electrons. The van der Waals surface area contributed by atoms with Crippen molar-refractivity contribution in [1.82, 2.24) is 4.90 Å². The summed E-state index contributed by atoms with van der Waals surface area (Å²) in [6.07, 6.45) is 0. The van der Waals surface area contributed by atoms with Gasteiger partial charge in [-0.15, -0.1) is 28.3 Å². The quantitative estimate of drug-likeness (QED) is 0.843. The zero-order valence-corrected chi connectivity index (χ0v) is 13.2. The van der Waals surface area contributed by atoms with Crippen molar-refractivity contribution in [1.29, 1.82) is 0 Å². The summed E-state index contributed by atoms with van der Waals surface area (Å²) in [6, 6.07) is 7.74. The van der Waals surface area contributed by atoms with E-state index >= 15 is 0 Å². The Kier molecular flexibility index (Phi) is 3.32. The summed E-state index contributed by atoms with van der Waals surface area (Å²) < 4.78 is 1.13. The summed E-state index contributed by atoms with van der Waals surface area (Å²) >= 11 is 3.41. The van der Waals surface area contributed by atoms with Crippen molar-refractivity contribution in [2.24, 2.45) is 4.99 Å². The van der Waals surface area contributed by atoms with E-state index in [0.717, 1.165) is 28.3 Å². The van der Waals surface area contributed by atoms with Crippen molar-refractivity contribution >= 4 is 61.0 Å². The van der Waals surface area contributed by atoms with E-state index in [1.807, 2.05) is 12.1 Å². The Labute approximate surface area is 129 Å². The number of thioether (sulfide) groups is 1. The summed E-state index contributed by atoms with van der Waals surface area (Å²) in [7, 11) is 0. The van der Waals surface area contributed by atoms with Gasteiger partial charge in [0.2, 0.25) is 0 Å². The molecule has 3 nitrogen and oxygen atoms in total. The SMILES string of the molecule is Br.Oc1cccc2sc(C3=CSC4=NCCN34)cc12. The molecule has 19 heavy (non-hydrogen) atoms. The largest absolute Gasteiger partial charge is 0.507 e. The molecule has 4 rings (SSSR count). The second kappa shape index (κ2) is 4.85. The zero-order chi connectivity index (χ0) is 12.1. The first-order valence-electron chi connectivity index (χ1n) is 5.73. The lowest BCUT2D eigenvalue weighted by molar-refractivity contribution is 0.482. The highest BCUT2D eigenvalue weighted by Gasteiger charge is 2.28. The third-order valence-corrected chi connectivity index (χ3v) is 5.18. The number of hydrogen-bond acceptors (Lipinski definition) is 5. The molecule has 0 amide bonds. The van der Waals surface area contributed by atoms with E-state index in [4.69, 9.17) is 0 Å². The van der Waals surface area contributed by atoms with Crippen molar-refractivity contribution in [3.8, 4) is 5.75 Å². The van der Waals surface area contributed by atoms with Gasteiger partial charge in [0.15, 0.2) is 5.17 Å². The van der Waals surface area contributed by atoms with Crippen LogP contribution in [0.1, 0.15) is 4.88 Å². The summed E-state index contributed by atoms with van der Waals surface area (Å²) in [5, 5.41) is 14.1. The minimum absolute atomic E-state index is 0. The molecule has 2 aliphatic heterocycles. The normalized spacial score (nSPS) is 17.2. The van der Waals surface area contributed by atoms with Crippen molar-refractivity contribution in [2.75, 3.05) is 13.1 Å². The van der Waals surface area contributed by atoms with Gasteiger partial charge in [-0.05, 0) is 18.2 Å². The fourth-order valence-electron chi connectivity index (χ4n) is 2.29. The number of amidine groups is 1. The molecular formula is C13H11BrN2OS2. The molecule has 0 radical (unpaired) electrons. The number of phenolic OH excluding ortho intramolecular Hbond substituents is 1. The number of nitrogens with zero attached hydrogens (tertiary/aromatic N) is 2. The summed E-state index contributed by atoms with van der Waals surface area (Å²) in [5.74, 6) is 0.358. The lowest BCUT2D eigenvalue weighted by Gasteiger charge is -2.14. The lowest BCUT2D eigenvalue weighted by atomic mass is 10.2. The Bertz CT molecular complexity index is 708. The van der Waals surface area contributed by atoms with E-state index in [-0.39, 0.29) is 17.0 Å². The molecule has 0 saturated carbocycles. The second-order valence-electron chi connectivity index (χ2n) is 4.24. The van der Waals surface area contributed by atoms with Gasteiger partial charge in [-0.25, -0.2) is 0 Å². The molecule has 3 heterocycles. The van der Waals surface area contributed by atoms with Crippen LogP contribution < -0.4 is 0 Å². The van der Waals surface area contributed by atoms with Crippen molar-refractivity contribution in [3.63, 3.8) is 0 Å². The molecule has 0 fully saturated rings. The molecule has 2 aromatic rings.